The first-order valence-corrected chi connectivity index (χ1v) is 10.3. The summed E-state index contributed by atoms with van der Waals surface area (Å²) >= 11 is 0. The van der Waals surface area contributed by atoms with Crippen LogP contribution in [0.2, 0.25) is 0 Å². The van der Waals surface area contributed by atoms with Crippen LogP contribution >= 0.6 is 0 Å². The van der Waals surface area contributed by atoms with E-state index in [-0.39, 0.29) is 11.9 Å². The van der Waals surface area contributed by atoms with Gasteiger partial charge in [0.15, 0.2) is 11.5 Å². The van der Waals surface area contributed by atoms with Gasteiger partial charge in [0, 0.05) is 40.3 Å². The molecule has 0 spiro atoms. The van der Waals surface area contributed by atoms with E-state index in [1.807, 2.05) is 42.1 Å². The van der Waals surface area contributed by atoms with Gasteiger partial charge >= 0.3 is 0 Å². The van der Waals surface area contributed by atoms with Crippen molar-refractivity contribution in [2.24, 2.45) is 0 Å². The topological polar surface area (TPSA) is 52.6 Å². The maximum Gasteiger partial charge on any atom is 0.274 e. The summed E-state index contributed by atoms with van der Waals surface area (Å²) < 4.78 is 0. The highest BCUT2D eigenvalue weighted by molar-refractivity contribution is 5.92. The summed E-state index contributed by atoms with van der Waals surface area (Å²) in [5, 5.41) is 8.26. The van der Waals surface area contributed by atoms with Gasteiger partial charge in [-0.1, -0.05) is 60.7 Å². The Morgan fingerprint density at radius 3 is 1.83 bits per heavy atom. The maximum absolute atomic E-state index is 12.9. The molecule has 1 fully saturated rings. The van der Waals surface area contributed by atoms with Gasteiger partial charge in [0.25, 0.3) is 5.91 Å². The number of piperazine rings is 1. The van der Waals surface area contributed by atoms with Crippen LogP contribution in [-0.4, -0.2) is 66.2 Å². The molecule has 1 saturated heterocycles. The van der Waals surface area contributed by atoms with Crippen LogP contribution in [0.5, 0.6) is 0 Å². The van der Waals surface area contributed by atoms with Crippen LogP contribution in [0.3, 0.4) is 0 Å². The number of carbonyl (C=O) groups is 1. The number of hydrogen-bond acceptors (Lipinski definition) is 5. The summed E-state index contributed by atoms with van der Waals surface area (Å²) in [7, 11) is 3.81. The van der Waals surface area contributed by atoms with E-state index in [9.17, 15) is 4.79 Å². The zero-order valence-corrected chi connectivity index (χ0v) is 17.5. The van der Waals surface area contributed by atoms with Gasteiger partial charge in [0.05, 0.1) is 6.04 Å². The van der Waals surface area contributed by atoms with Gasteiger partial charge in [0.1, 0.15) is 0 Å². The third-order valence-corrected chi connectivity index (χ3v) is 5.53. The van der Waals surface area contributed by atoms with Gasteiger partial charge in [0.2, 0.25) is 0 Å². The lowest BCUT2D eigenvalue weighted by atomic mass is 9.96. The predicted octanol–water partition coefficient (Wildman–Crippen LogP) is 3.09. The standard InChI is InChI=1S/C24H27N5O/c1-27(2)22-14-13-21(25-26-22)24(30)29-17-15-28(16-18-29)23(19-9-5-3-6-10-19)20-11-7-4-8-12-20/h3-14,23H,15-18H2,1-2H3. The Bertz CT molecular complexity index is 912. The molecule has 1 amide bonds. The molecular formula is C24H27N5O. The zero-order chi connectivity index (χ0) is 20.9. The third-order valence-electron chi connectivity index (χ3n) is 5.53. The van der Waals surface area contributed by atoms with E-state index in [1.54, 1.807) is 6.07 Å². The Labute approximate surface area is 177 Å². The highest BCUT2D eigenvalue weighted by Crippen LogP contribution is 2.29. The number of carbonyl (C=O) groups excluding carboxylic acids is 1. The van der Waals surface area contributed by atoms with E-state index in [1.165, 1.54) is 11.1 Å². The summed E-state index contributed by atoms with van der Waals surface area (Å²) in [5.41, 5.74) is 2.94. The largest absolute Gasteiger partial charge is 0.361 e. The van der Waals surface area contributed by atoms with Crippen LogP contribution in [0.15, 0.2) is 72.8 Å². The molecule has 6 nitrogen and oxygen atoms in total. The van der Waals surface area contributed by atoms with E-state index in [2.05, 4.69) is 63.6 Å². The number of nitrogens with zero attached hydrogens (tertiary/aromatic N) is 5. The van der Waals surface area contributed by atoms with Crippen LogP contribution in [-0.2, 0) is 0 Å². The lowest BCUT2D eigenvalue weighted by Crippen LogP contribution is -2.50. The minimum atomic E-state index is -0.0524. The van der Waals surface area contributed by atoms with Crippen molar-refractivity contribution in [3.05, 3.63) is 89.6 Å². The molecular weight excluding hydrogens is 374 g/mol. The van der Waals surface area contributed by atoms with Crippen molar-refractivity contribution in [3.63, 3.8) is 0 Å². The Kier molecular flexibility index (Phi) is 6.05. The van der Waals surface area contributed by atoms with E-state index in [0.29, 0.717) is 18.8 Å². The smallest absolute Gasteiger partial charge is 0.274 e. The minimum absolute atomic E-state index is 0.0524. The summed E-state index contributed by atoms with van der Waals surface area (Å²) in [6.07, 6.45) is 0. The van der Waals surface area contributed by atoms with Crippen LogP contribution in [0.4, 0.5) is 5.82 Å². The monoisotopic (exact) mass is 401 g/mol. The zero-order valence-electron chi connectivity index (χ0n) is 17.5. The second-order valence-corrected chi connectivity index (χ2v) is 7.72. The van der Waals surface area contributed by atoms with Gasteiger partial charge in [-0.25, -0.2) is 0 Å². The fourth-order valence-electron chi connectivity index (χ4n) is 3.91. The summed E-state index contributed by atoms with van der Waals surface area (Å²) in [5.74, 6) is 0.688. The Morgan fingerprint density at radius 2 is 1.37 bits per heavy atom. The summed E-state index contributed by atoms with van der Waals surface area (Å²) in [6, 6.07) is 24.9. The first-order valence-electron chi connectivity index (χ1n) is 10.3. The fourth-order valence-corrected chi connectivity index (χ4v) is 3.91. The summed E-state index contributed by atoms with van der Waals surface area (Å²) in [6.45, 7) is 2.96. The molecule has 6 heteroatoms. The average Bonchev–Trinajstić information content (AvgIpc) is 2.81. The van der Waals surface area contributed by atoms with Crippen molar-refractivity contribution < 1.29 is 4.79 Å². The molecule has 1 aliphatic heterocycles. The van der Waals surface area contributed by atoms with Crippen molar-refractivity contribution in [2.45, 2.75) is 6.04 Å². The minimum Gasteiger partial charge on any atom is -0.361 e. The molecule has 0 atom stereocenters. The number of anilines is 1. The number of amides is 1. The molecule has 154 valence electrons. The maximum atomic E-state index is 12.9. The number of rotatable bonds is 5. The third kappa shape index (κ3) is 4.33. The molecule has 1 aliphatic rings. The highest BCUT2D eigenvalue weighted by Gasteiger charge is 2.29. The lowest BCUT2D eigenvalue weighted by molar-refractivity contribution is 0.0590. The Hall–Kier alpha value is -3.25. The quantitative estimate of drug-likeness (QED) is 0.658. The van der Waals surface area contributed by atoms with Crippen LogP contribution in [0.1, 0.15) is 27.7 Å². The molecule has 0 bridgehead atoms. The Balaban J connectivity index is 1.47. The van der Waals surface area contributed by atoms with Gasteiger partial charge in [-0.15, -0.1) is 10.2 Å². The SMILES string of the molecule is CN(C)c1ccc(C(=O)N2CCN(C(c3ccccc3)c3ccccc3)CC2)nn1. The molecule has 2 heterocycles. The van der Waals surface area contributed by atoms with Gasteiger partial charge in [-0.2, -0.15) is 0 Å². The van der Waals surface area contributed by atoms with Gasteiger partial charge in [-0.3, -0.25) is 9.69 Å². The van der Waals surface area contributed by atoms with E-state index in [4.69, 9.17) is 0 Å². The first kappa shape index (κ1) is 20.0. The van der Waals surface area contributed by atoms with Crippen molar-refractivity contribution in [2.75, 3.05) is 45.2 Å². The highest BCUT2D eigenvalue weighted by atomic mass is 16.2. The van der Waals surface area contributed by atoms with E-state index < -0.39 is 0 Å². The van der Waals surface area contributed by atoms with E-state index in [0.717, 1.165) is 18.9 Å². The molecule has 0 radical (unpaired) electrons. The van der Waals surface area contributed by atoms with Crippen LogP contribution < -0.4 is 4.90 Å². The van der Waals surface area contributed by atoms with Crippen molar-refractivity contribution in [3.8, 4) is 0 Å². The molecule has 30 heavy (non-hydrogen) atoms. The van der Waals surface area contributed by atoms with Gasteiger partial charge in [-0.05, 0) is 23.3 Å². The molecule has 0 aliphatic carbocycles. The van der Waals surface area contributed by atoms with Crippen molar-refractivity contribution in [1.82, 2.24) is 20.0 Å². The lowest BCUT2D eigenvalue weighted by Gasteiger charge is -2.39. The molecule has 0 saturated carbocycles. The fraction of sp³-hybridized carbons (Fsp3) is 0.292. The number of benzene rings is 2. The number of hydrogen-bond donors (Lipinski definition) is 0. The second-order valence-electron chi connectivity index (χ2n) is 7.72. The summed E-state index contributed by atoms with van der Waals surface area (Å²) in [4.78, 5) is 19.1. The van der Waals surface area contributed by atoms with E-state index >= 15 is 0 Å². The molecule has 4 rings (SSSR count). The normalized spacial score (nSPS) is 14.7. The molecule has 0 unspecified atom stereocenters. The van der Waals surface area contributed by atoms with Crippen LogP contribution in [0.25, 0.3) is 0 Å². The van der Waals surface area contributed by atoms with Crippen molar-refractivity contribution in [1.29, 1.82) is 0 Å². The molecule has 2 aromatic carbocycles. The Morgan fingerprint density at radius 1 is 0.800 bits per heavy atom. The number of aromatic nitrogens is 2. The molecule has 1 aromatic heterocycles. The average molecular weight is 402 g/mol. The van der Waals surface area contributed by atoms with Gasteiger partial charge < -0.3 is 9.80 Å². The van der Waals surface area contributed by atoms with Crippen molar-refractivity contribution >= 4 is 11.7 Å². The molecule has 3 aromatic rings. The second kappa shape index (κ2) is 9.05. The molecule has 0 N–H and O–H groups in total. The first-order chi connectivity index (χ1) is 14.6. The predicted molar refractivity (Wildman–Crippen MR) is 119 cm³/mol. The van der Waals surface area contributed by atoms with Crippen LogP contribution in [0, 0.1) is 0 Å².